The molecule has 8 aromatic rings. The van der Waals surface area contributed by atoms with Crippen LogP contribution in [0.25, 0.3) is 66.4 Å². The van der Waals surface area contributed by atoms with Gasteiger partial charge in [0.2, 0.25) is 0 Å². The van der Waals surface area contributed by atoms with E-state index in [2.05, 4.69) is 158 Å². The normalized spacial score (nSPS) is 13.6. The molecular weight excluding hydrogens is 532 g/mol. The van der Waals surface area contributed by atoms with E-state index in [9.17, 15) is 0 Å². The van der Waals surface area contributed by atoms with E-state index in [1.54, 1.807) is 0 Å². The highest BCUT2D eigenvalue weighted by Gasteiger charge is 2.53. The fraction of sp³-hybridized carbons (Fsp3) is 0.0233. The lowest BCUT2D eigenvalue weighted by Crippen LogP contribution is -2.26. The Kier molecular flexibility index (Phi) is 4.71. The van der Waals surface area contributed by atoms with Gasteiger partial charge in [-0.3, -0.25) is 0 Å². The molecule has 7 aromatic carbocycles. The standard InChI is InChI=1S/C43H26O/c1-3-13-27(14-4-1)29-23-24-32-37(25-29)43(35-20-10-7-17-30(35)31-18-8-11-21-36(31)43)38-26-34(28-15-5-2-6-16-28)40-33-19-9-12-22-39(33)44-42(40)41(32)38/h1-26H. The summed E-state index contributed by atoms with van der Waals surface area (Å²) in [4.78, 5) is 0. The van der Waals surface area contributed by atoms with E-state index >= 15 is 0 Å². The molecule has 204 valence electrons. The molecule has 0 saturated carbocycles. The van der Waals surface area contributed by atoms with Crippen LogP contribution < -0.4 is 0 Å². The van der Waals surface area contributed by atoms with Crippen LogP contribution in [0, 0.1) is 0 Å². The summed E-state index contributed by atoms with van der Waals surface area (Å²) in [5, 5.41) is 2.33. The second kappa shape index (κ2) is 8.69. The molecule has 0 aliphatic heterocycles. The van der Waals surface area contributed by atoms with Crippen molar-refractivity contribution in [1.82, 2.24) is 0 Å². The maximum atomic E-state index is 6.91. The van der Waals surface area contributed by atoms with Gasteiger partial charge in [0, 0.05) is 16.3 Å². The van der Waals surface area contributed by atoms with Gasteiger partial charge in [0.25, 0.3) is 0 Å². The molecule has 0 saturated heterocycles. The van der Waals surface area contributed by atoms with Gasteiger partial charge in [-0.25, -0.2) is 0 Å². The molecule has 1 aromatic heterocycles. The lowest BCUT2D eigenvalue weighted by molar-refractivity contribution is 0.669. The molecule has 2 aliphatic rings. The number of para-hydroxylation sites is 1. The lowest BCUT2D eigenvalue weighted by atomic mass is 9.69. The van der Waals surface area contributed by atoms with Crippen LogP contribution in [0.2, 0.25) is 0 Å². The van der Waals surface area contributed by atoms with E-state index in [4.69, 9.17) is 4.42 Å². The number of fused-ring (bicyclic) bond motifs is 14. The van der Waals surface area contributed by atoms with E-state index in [0.29, 0.717) is 0 Å². The first-order valence-corrected chi connectivity index (χ1v) is 15.3. The molecule has 0 atom stereocenters. The largest absolute Gasteiger partial charge is 0.455 e. The predicted octanol–water partition coefficient (Wildman–Crippen LogP) is 11.3. The second-order valence-corrected chi connectivity index (χ2v) is 12.0. The smallest absolute Gasteiger partial charge is 0.144 e. The van der Waals surface area contributed by atoms with Crippen LogP contribution in [0.3, 0.4) is 0 Å². The molecule has 0 unspecified atom stereocenters. The summed E-state index contributed by atoms with van der Waals surface area (Å²) in [6.45, 7) is 0. The zero-order chi connectivity index (χ0) is 28.8. The molecule has 1 nitrogen and oxygen atoms in total. The van der Waals surface area contributed by atoms with Crippen molar-refractivity contribution in [1.29, 1.82) is 0 Å². The average molecular weight is 559 g/mol. The van der Waals surface area contributed by atoms with Crippen LogP contribution in [-0.4, -0.2) is 0 Å². The second-order valence-electron chi connectivity index (χ2n) is 12.0. The Hall–Kier alpha value is -5.66. The summed E-state index contributed by atoms with van der Waals surface area (Å²) in [6, 6.07) is 57.6. The van der Waals surface area contributed by atoms with Crippen LogP contribution in [0.4, 0.5) is 0 Å². The molecule has 0 N–H and O–H groups in total. The molecule has 2 aliphatic carbocycles. The first kappa shape index (κ1) is 23.9. The van der Waals surface area contributed by atoms with Crippen molar-refractivity contribution in [2.24, 2.45) is 0 Å². The quantitative estimate of drug-likeness (QED) is 0.206. The highest BCUT2D eigenvalue weighted by atomic mass is 16.3. The predicted molar refractivity (Wildman–Crippen MR) is 181 cm³/mol. The van der Waals surface area contributed by atoms with Crippen molar-refractivity contribution < 1.29 is 4.42 Å². The molecule has 0 amide bonds. The van der Waals surface area contributed by atoms with Crippen LogP contribution in [-0.2, 0) is 5.41 Å². The van der Waals surface area contributed by atoms with Crippen molar-refractivity contribution in [3.63, 3.8) is 0 Å². The van der Waals surface area contributed by atoms with E-state index < -0.39 is 5.41 Å². The minimum absolute atomic E-state index is 0.473. The molecule has 44 heavy (non-hydrogen) atoms. The first-order chi connectivity index (χ1) is 21.8. The van der Waals surface area contributed by atoms with Gasteiger partial charge in [-0.15, -0.1) is 0 Å². The zero-order valence-corrected chi connectivity index (χ0v) is 23.9. The van der Waals surface area contributed by atoms with E-state index in [-0.39, 0.29) is 0 Å². The molecule has 1 heteroatoms. The average Bonchev–Trinajstić information content (AvgIpc) is 3.73. The third-order valence-corrected chi connectivity index (χ3v) is 9.89. The molecule has 10 rings (SSSR count). The summed E-state index contributed by atoms with van der Waals surface area (Å²) in [7, 11) is 0. The topological polar surface area (TPSA) is 13.1 Å². The first-order valence-electron chi connectivity index (χ1n) is 15.3. The van der Waals surface area contributed by atoms with Crippen molar-refractivity contribution in [2.75, 3.05) is 0 Å². The highest BCUT2D eigenvalue weighted by molar-refractivity contribution is 6.19. The third kappa shape index (κ3) is 2.94. The van der Waals surface area contributed by atoms with E-state index in [1.807, 2.05) is 0 Å². The van der Waals surface area contributed by atoms with Crippen LogP contribution in [0.1, 0.15) is 22.3 Å². The number of benzene rings is 7. The Morgan fingerprint density at radius 3 is 1.73 bits per heavy atom. The number of furan rings is 1. The Balaban J connectivity index is 1.43. The highest BCUT2D eigenvalue weighted by Crippen LogP contribution is 2.65. The Morgan fingerprint density at radius 1 is 0.386 bits per heavy atom. The maximum Gasteiger partial charge on any atom is 0.144 e. The molecule has 1 heterocycles. The van der Waals surface area contributed by atoms with Gasteiger partial charge in [-0.05, 0) is 79.4 Å². The van der Waals surface area contributed by atoms with Crippen LogP contribution in [0.5, 0.6) is 0 Å². The molecule has 0 fully saturated rings. The monoisotopic (exact) mass is 558 g/mol. The van der Waals surface area contributed by atoms with E-state index in [0.717, 1.165) is 16.6 Å². The minimum atomic E-state index is -0.473. The van der Waals surface area contributed by atoms with Gasteiger partial charge < -0.3 is 4.42 Å². The fourth-order valence-corrected chi connectivity index (χ4v) is 8.15. The molecule has 1 spiro atoms. The number of hydrogen-bond acceptors (Lipinski definition) is 1. The fourth-order valence-electron chi connectivity index (χ4n) is 8.15. The lowest BCUT2D eigenvalue weighted by Gasteiger charge is -2.31. The van der Waals surface area contributed by atoms with Gasteiger partial charge in [0.1, 0.15) is 11.2 Å². The van der Waals surface area contributed by atoms with Gasteiger partial charge in [0.05, 0.1) is 5.41 Å². The van der Waals surface area contributed by atoms with Gasteiger partial charge in [-0.1, -0.05) is 140 Å². The SMILES string of the molecule is c1ccc(-c2ccc3c(c2)C2(c4ccccc4-c4ccccc42)c2cc(-c4ccccc4)c4c(oc5ccccc54)c2-3)cc1. The Morgan fingerprint density at radius 2 is 1.00 bits per heavy atom. The molecular formula is C43H26O. The third-order valence-electron chi connectivity index (χ3n) is 9.89. The van der Waals surface area contributed by atoms with Crippen molar-refractivity contribution in [3.05, 3.63) is 180 Å². The summed E-state index contributed by atoms with van der Waals surface area (Å²) in [6.07, 6.45) is 0. The van der Waals surface area contributed by atoms with Crippen LogP contribution >= 0.6 is 0 Å². The van der Waals surface area contributed by atoms with E-state index in [1.165, 1.54) is 72.1 Å². The minimum Gasteiger partial charge on any atom is -0.455 e. The zero-order valence-electron chi connectivity index (χ0n) is 23.9. The molecule has 0 radical (unpaired) electrons. The Bertz CT molecular complexity index is 2380. The summed E-state index contributed by atoms with van der Waals surface area (Å²) in [5.41, 5.74) is 16.6. The maximum absolute atomic E-state index is 6.91. The molecule has 0 bridgehead atoms. The summed E-state index contributed by atoms with van der Waals surface area (Å²) in [5.74, 6) is 0. The van der Waals surface area contributed by atoms with Gasteiger partial charge in [0.15, 0.2) is 0 Å². The summed E-state index contributed by atoms with van der Waals surface area (Å²) < 4.78 is 6.91. The summed E-state index contributed by atoms with van der Waals surface area (Å²) >= 11 is 0. The number of hydrogen-bond donors (Lipinski definition) is 0. The number of rotatable bonds is 2. The van der Waals surface area contributed by atoms with Gasteiger partial charge in [-0.2, -0.15) is 0 Å². The van der Waals surface area contributed by atoms with Crippen molar-refractivity contribution in [2.45, 2.75) is 5.41 Å². The Labute approximate surface area is 255 Å². The van der Waals surface area contributed by atoms with Crippen molar-refractivity contribution >= 4 is 21.9 Å². The van der Waals surface area contributed by atoms with Gasteiger partial charge >= 0.3 is 0 Å². The van der Waals surface area contributed by atoms with Crippen molar-refractivity contribution in [3.8, 4) is 44.5 Å². The van der Waals surface area contributed by atoms with Crippen LogP contribution in [0.15, 0.2) is 162 Å².